The lowest BCUT2D eigenvalue weighted by molar-refractivity contribution is 0.242. The van der Waals surface area contributed by atoms with Crippen molar-refractivity contribution in [3.8, 4) is 5.88 Å². The summed E-state index contributed by atoms with van der Waals surface area (Å²) in [5.74, 6) is 1.50. The summed E-state index contributed by atoms with van der Waals surface area (Å²) < 4.78 is 5.17. The van der Waals surface area contributed by atoms with Gasteiger partial charge in [-0.05, 0) is 30.9 Å². The average molecular weight is 331 g/mol. The summed E-state index contributed by atoms with van der Waals surface area (Å²) in [6.45, 7) is 3.05. The monoisotopic (exact) mass is 331 g/mol. The highest BCUT2D eigenvalue weighted by molar-refractivity contribution is 5.80. The molecule has 6 heteroatoms. The molecule has 6 nitrogen and oxygen atoms in total. The zero-order valence-electron chi connectivity index (χ0n) is 14.8. The maximum absolute atomic E-state index is 5.17. The molecule has 3 rings (SSSR count). The van der Waals surface area contributed by atoms with Crippen molar-refractivity contribution in [1.82, 2.24) is 20.5 Å². The molecule has 1 saturated carbocycles. The van der Waals surface area contributed by atoms with E-state index in [0.29, 0.717) is 18.5 Å². The Balaban J connectivity index is 1.46. The minimum atomic E-state index is 0.490. The van der Waals surface area contributed by atoms with Gasteiger partial charge in [0.25, 0.3) is 0 Å². The van der Waals surface area contributed by atoms with E-state index in [9.17, 15) is 0 Å². The number of nitrogens with zero attached hydrogens (tertiary/aromatic N) is 3. The van der Waals surface area contributed by atoms with Gasteiger partial charge in [-0.25, -0.2) is 4.98 Å². The Bertz CT molecular complexity index is 556. The first-order chi connectivity index (χ1) is 11.8. The zero-order chi connectivity index (χ0) is 16.8. The molecule has 1 aliphatic carbocycles. The normalized spacial score (nSPS) is 22.8. The molecule has 1 unspecified atom stereocenters. The molecular weight excluding hydrogens is 302 g/mol. The molecular formula is C18H29N5O. The Morgan fingerprint density at radius 3 is 2.96 bits per heavy atom. The second kappa shape index (κ2) is 8.33. The third-order valence-corrected chi connectivity index (χ3v) is 5.09. The number of methoxy groups -OCH3 is 1. The highest BCUT2D eigenvalue weighted by Gasteiger charge is 2.30. The number of nitrogens with one attached hydrogen (secondary N) is 2. The van der Waals surface area contributed by atoms with Gasteiger partial charge in [0.2, 0.25) is 5.88 Å². The van der Waals surface area contributed by atoms with Crippen molar-refractivity contribution in [2.75, 3.05) is 27.2 Å². The lowest BCUT2D eigenvalue weighted by Crippen LogP contribution is -2.45. The van der Waals surface area contributed by atoms with Crippen LogP contribution in [0.5, 0.6) is 5.88 Å². The van der Waals surface area contributed by atoms with Crippen LogP contribution in [0.4, 0.5) is 0 Å². The molecule has 1 aliphatic heterocycles. The van der Waals surface area contributed by atoms with Crippen molar-refractivity contribution in [1.29, 1.82) is 0 Å². The standard InChI is InChI=1S/C18H29N5O/c1-19-18(21-12-14-7-9-20-17(11-14)24-2)22-15-8-10-23(13-15)16-5-3-4-6-16/h7,9,11,15-16H,3-6,8,10,12-13H2,1-2H3,(H2,19,21,22). The van der Waals surface area contributed by atoms with Gasteiger partial charge in [0.1, 0.15) is 0 Å². The number of rotatable bonds is 5. The Hall–Kier alpha value is -1.82. The number of pyridine rings is 1. The molecule has 24 heavy (non-hydrogen) atoms. The minimum Gasteiger partial charge on any atom is -0.481 e. The fourth-order valence-corrected chi connectivity index (χ4v) is 3.75. The largest absolute Gasteiger partial charge is 0.481 e. The topological polar surface area (TPSA) is 61.8 Å². The first-order valence-electron chi connectivity index (χ1n) is 8.98. The van der Waals surface area contributed by atoms with Crippen LogP contribution in [0.25, 0.3) is 0 Å². The highest BCUT2D eigenvalue weighted by Crippen LogP contribution is 2.26. The molecule has 0 aromatic carbocycles. The number of ether oxygens (including phenoxy) is 1. The summed E-state index contributed by atoms with van der Waals surface area (Å²) >= 11 is 0. The molecule has 1 saturated heterocycles. The van der Waals surface area contributed by atoms with E-state index in [-0.39, 0.29) is 0 Å². The van der Waals surface area contributed by atoms with Crippen LogP contribution in [0.1, 0.15) is 37.7 Å². The van der Waals surface area contributed by atoms with E-state index < -0.39 is 0 Å². The van der Waals surface area contributed by atoms with Gasteiger partial charge in [-0.1, -0.05) is 12.8 Å². The summed E-state index contributed by atoms with van der Waals surface area (Å²) in [4.78, 5) is 11.2. The number of likely N-dealkylation sites (tertiary alicyclic amines) is 1. The highest BCUT2D eigenvalue weighted by atomic mass is 16.5. The molecule has 2 fully saturated rings. The van der Waals surface area contributed by atoms with Crippen molar-refractivity contribution >= 4 is 5.96 Å². The van der Waals surface area contributed by atoms with Crippen molar-refractivity contribution in [3.63, 3.8) is 0 Å². The predicted octanol–water partition coefficient (Wildman–Crippen LogP) is 1.77. The van der Waals surface area contributed by atoms with E-state index in [2.05, 4.69) is 25.5 Å². The summed E-state index contributed by atoms with van der Waals surface area (Å²) in [5, 5.41) is 6.95. The quantitative estimate of drug-likeness (QED) is 0.636. The molecule has 1 aromatic rings. The molecule has 0 bridgehead atoms. The molecule has 2 N–H and O–H groups in total. The van der Waals surface area contributed by atoms with Gasteiger partial charge < -0.3 is 15.4 Å². The van der Waals surface area contributed by atoms with Gasteiger partial charge in [-0.15, -0.1) is 0 Å². The van der Waals surface area contributed by atoms with E-state index in [1.165, 1.54) is 38.6 Å². The van der Waals surface area contributed by atoms with Crippen LogP contribution in [-0.2, 0) is 6.54 Å². The van der Waals surface area contributed by atoms with Crippen LogP contribution < -0.4 is 15.4 Å². The molecule has 0 radical (unpaired) electrons. The van der Waals surface area contributed by atoms with Crippen molar-refractivity contribution in [3.05, 3.63) is 23.9 Å². The fraction of sp³-hybridized carbons (Fsp3) is 0.667. The van der Waals surface area contributed by atoms with Crippen molar-refractivity contribution < 1.29 is 4.74 Å². The van der Waals surface area contributed by atoms with Crippen LogP contribution in [0, 0.1) is 0 Å². The Kier molecular flexibility index (Phi) is 5.91. The van der Waals surface area contributed by atoms with Crippen LogP contribution in [-0.4, -0.2) is 55.2 Å². The summed E-state index contributed by atoms with van der Waals surface area (Å²) in [6, 6.07) is 5.23. The number of guanidine groups is 1. The summed E-state index contributed by atoms with van der Waals surface area (Å²) in [7, 11) is 3.46. The minimum absolute atomic E-state index is 0.490. The van der Waals surface area contributed by atoms with Crippen molar-refractivity contribution in [2.45, 2.75) is 50.7 Å². The van der Waals surface area contributed by atoms with Crippen LogP contribution in [0.3, 0.4) is 0 Å². The van der Waals surface area contributed by atoms with Gasteiger partial charge >= 0.3 is 0 Å². The van der Waals surface area contributed by atoms with Gasteiger partial charge in [0.05, 0.1) is 7.11 Å². The number of hydrogen-bond acceptors (Lipinski definition) is 4. The SMILES string of the molecule is CN=C(NCc1ccnc(OC)c1)NC1CCN(C2CCCC2)C1. The second-order valence-corrected chi connectivity index (χ2v) is 6.70. The summed E-state index contributed by atoms with van der Waals surface area (Å²) in [6.07, 6.45) is 8.52. The Labute approximate surface area is 144 Å². The molecule has 1 atom stereocenters. The second-order valence-electron chi connectivity index (χ2n) is 6.70. The van der Waals surface area contributed by atoms with E-state index in [1.807, 2.05) is 19.2 Å². The van der Waals surface area contributed by atoms with Crippen LogP contribution in [0.2, 0.25) is 0 Å². The molecule has 132 valence electrons. The molecule has 1 aromatic heterocycles. The molecule has 0 spiro atoms. The number of hydrogen-bond donors (Lipinski definition) is 2. The first-order valence-corrected chi connectivity index (χ1v) is 8.98. The zero-order valence-corrected chi connectivity index (χ0v) is 14.8. The van der Waals surface area contributed by atoms with Gasteiger partial charge in [-0.2, -0.15) is 0 Å². The van der Waals surface area contributed by atoms with E-state index in [4.69, 9.17) is 4.74 Å². The van der Waals surface area contributed by atoms with Crippen LogP contribution in [0.15, 0.2) is 23.3 Å². The van der Waals surface area contributed by atoms with E-state index in [0.717, 1.165) is 24.1 Å². The number of aromatic nitrogens is 1. The molecule has 0 amide bonds. The lowest BCUT2D eigenvalue weighted by atomic mass is 10.2. The van der Waals surface area contributed by atoms with E-state index in [1.54, 1.807) is 13.3 Å². The average Bonchev–Trinajstić information content (AvgIpc) is 3.30. The van der Waals surface area contributed by atoms with Gasteiger partial charge in [0.15, 0.2) is 5.96 Å². The maximum atomic E-state index is 5.17. The van der Waals surface area contributed by atoms with Gasteiger partial charge in [-0.3, -0.25) is 9.89 Å². The fourth-order valence-electron chi connectivity index (χ4n) is 3.75. The lowest BCUT2D eigenvalue weighted by Gasteiger charge is -2.24. The first kappa shape index (κ1) is 17.0. The summed E-state index contributed by atoms with van der Waals surface area (Å²) in [5.41, 5.74) is 1.13. The van der Waals surface area contributed by atoms with Gasteiger partial charge in [0, 0.05) is 51.0 Å². The Morgan fingerprint density at radius 2 is 2.21 bits per heavy atom. The maximum Gasteiger partial charge on any atom is 0.213 e. The van der Waals surface area contributed by atoms with E-state index >= 15 is 0 Å². The number of aliphatic imine (C=N–C) groups is 1. The predicted molar refractivity (Wildman–Crippen MR) is 96.4 cm³/mol. The smallest absolute Gasteiger partial charge is 0.213 e. The third-order valence-electron chi connectivity index (χ3n) is 5.09. The van der Waals surface area contributed by atoms with Crippen LogP contribution >= 0.6 is 0 Å². The van der Waals surface area contributed by atoms with Crippen molar-refractivity contribution in [2.24, 2.45) is 4.99 Å². The third kappa shape index (κ3) is 4.38. The molecule has 2 aliphatic rings. The molecule has 2 heterocycles. The Morgan fingerprint density at radius 1 is 1.38 bits per heavy atom.